The van der Waals surface area contributed by atoms with Gasteiger partial charge in [0.05, 0.1) is 10.7 Å². The van der Waals surface area contributed by atoms with Gasteiger partial charge in [0.25, 0.3) is 0 Å². The van der Waals surface area contributed by atoms with Crippen LogP contribution in [0.25, 0.3) is 0 Å². The van der Waals surface area contributed by atoms with Crippen LogP contribution in [0, 0.1) is 11.6 Å². The lowest BCUT2D eigenvalue weighted by Crippen LogP contribution is -2.19. The summed E-state index contributed by atoms with van der Waals surface area (Å²) in [5.74, 6) is -0.923. The first-order chi connectivity index (χ1) is 12.0. The van der Waals surface area contributed by atoms with Gasteiger partial charge in [0.15, 0.2) is 0 Å². The van der Waals surface area contributed by atoms with E-state index >= 15 is 0 Å². The van der Waals surface area contributed by atoms with Crippen molar-refractivity contribution < 1.29 is 14.0 Å². The monoisotopic (exact) mass is 363 g/mol. The smallest absolute Gasteiger partial charge is 0.149 e. The van der Waals surface area contributed by atoms with Crippen LogP contribution in [0.2, 0.25) is 5.02 Å². The zero-order chi connectivity index (χ0) is 18.0. The Morgan fingerprint density at radius 1 is 1.28 bits per heavy atom. The molecule has 130 valence electrons. The highest BCUT2D eigenvalue weighted by Crippen LogP contribution is 2.33. The molecule has 25 heavy (non-hydrogen) atoms. The highest BCUT2D eigenvalue weighted by Gasteiger charge is 2.23. The molecule has 7 heteroatoms. The number of fused-ring (bicyclic) bond motifs is 1. The summed E-state index contributed by atoms with van der Waals surface area (Å²) in [7, 11) is 1.79. The van der Waals surface area contributed by atoms with Gasteiger partial charge in [-0.1, -0.05) is 22.8 Å². The Labute approximate surface area is 148 Å². The van der Waals surface area contributed by atoms with Crippen LogP contribution in [0.1, 0.15) is 16.7 Å². The number of benzene rings is 2. The van der Waals surface area contributed by atoms with Crippen LogP contribution in [0.15, 0.2) is 40.5 Å². The fraction of sp³-hybridized carbons (Fsp3) is 0.222. The molecular weight excluding hydrogens is 348 g/mol. The molecule has 2 N–H and O–H groups in total. The van der Waals surface area contributed by atoms with Crippen molar-refractivity contribution in [3.63, 3.8) is 0 Å². The van der Waals surface area contributed by atoms with Crippen molar-refractivity contribution in [2.24, 2.45) is 10.1 Å². The number of halogens is 3. The largest absolute Gasteiger partial charge is 0.411 e. The van der Waals surface area contributed by atoms with Gasteiger partial charge in [-0.05, 0) is 42.4 Å². The molecule has 0 aliphatic carbocycles. The van der Waals surface area contributed by atoms with Gasteiger partial charge in [-0.15, -0.1) is 0 Å². The third kappa shape index (κ3) is 3.55. The summed E-state index contributed by atoms with van der Waals surface area (Å²) >= 11 is 5.80. The Morgan fingerprint density at radius 2 is 2.04 bits per heavy atom. The molecule has 0 fully saturated rings. The van der Waals surface area contributed by atoms with E-state index in [2.05, 4.69) is 15.5 Å². The molecule has 2 aromatic carbocycles. The molecule has 0 amide bonds. The minimum atomic E-state index is -0.513. The van der Waals surface area contributed by atoms with Crippen LogP contribution >= 0.6 is 11.6 Å². The third-order valence-electron chi connectivity index (χ3n) is 4.05. The highest BCUT2D eigenvalue weighted by atomic mass is 35.5. The molecule has 1 heterocycles. The van der Waals surface area contributed by atoms with Crippen molar-refractivity contribution in [2.45, 2.75) is 12.8 Å². The normalized spacial score (nSPS) is 13.8. The average molecular weight is 364 g/mol. The minimum absolute atomic E-state index is 0.00114. The van der Waals surface area contributed by atoms with Crippen LogP contribution in [0.4, 0.5) is 14.5 Å². The summed E-state index contributed by atoms with van der Waals surface area (Å²) in [5, 5.41) is 15.8. The van der Waals surface area contributed by atoms with Crippen LogP contribution in [-0.4, -0.2) is 30.2 Å². The highest BCUT2D eigenvalue weighted by molar-refractivity contribution is 6.30. The van der Waals surface area contributed by atoms with Gasteiger partial charge >= 0.3 is 0 Å². The molecule has 0 unspecified atom stereocenters. The van der Waals surface area contributed by atoms with E-state index in [1.807, 2.05) is 0 Å². The number of nitrogens with one attached hydrogen (secondary N) is 1. The Kier molecular flexibility index (Phi) is 5.11. The molecular formula is C18H16ClF2N3O. The number of aliphatic imine (C=N–C) groups is 1. The zero-order valence-electron chi connectivity index (χ0n) is 13.5. The van der Waals surface area contributed by atoms with E-state index in [1.165, 1.54) is 18.2 Å². The number of rotatable bonds is 5. The topological polar surface area (TPSA) is 57.0 Å². The lowest BCUT2D eigenvalue weighted by Gasteiger charge is -2.11. The Bertz CT molecular complexity index is 881. The summed E-state index contributed by atoms with van der Waals surface area (Å²) in [6.07, 6.45) is 0.711. The van der Waals surface area contributed by atoms with Gasteiger partial charge in [0, 0.05) is 30.7 Å². The third-order valence-corrected chi connectivity index (χ3v) is 4.34. The van der Waals surface area contributed by atoms with E-state index in [-0.39, 0.29) is 17.1 Å². The van der Waals surface area contributed by atoms with Crippen molar-refractivity contribution >= 4 is 28.7 Å². The second-order valence-electron chi connectivity index (χ2n) is 5.78. The first-order valence-corrected chi connectivity index (χ1v) is 8.09. The van der Waals surface area contributed by atoms with Gasteiger partial charge in [-0.3, -0.25) is 4.99 Å². The number of hydrogen-bond acceptors (Lipinski definition) is 4. The van der Waals surface area contributed by atoms with Crippen LogP contribution in [0.5, 0.6) is 0 Å². The predicted octanol–water partition coefficient (Wildman–Crippen LogP) is 3.89. The molecule has 3 rings (SSSR count). The van der Waals surface area contributed by atoms with E-state index in [0.29, 0.717) is 35.4 Å². The lowest BCUT2D eigenvalue weighted by atomic mass is 9.95. The lowest BCUT2D eigenvalue weighted by molar-refractivity contribution is 0.318. The fourth-order valence-corrected chi connectivity index (χ4v) is 3.12. The molecule has 0 saturated heterocycles. The zero-order valence-corrected chi connectivity index (χ0v) is 14.2. The summed E-state index contributed by atoms with van der Waals surface area (Å²) in [5.41, 5.74) is 3.43. The summed E-state index contributed by atoms with van der Waals surface area (Å²) in [6.45, 7) is 0.548. The standard InChI is InChI=1S/C18H16ClF2N3O/c1-22-9-11-8-13-12(3-5-16(21)18(13)23-11)17(24-25)7-10-2-4-15(20)14(19)6-10/h2-6,22,25H,7-9H2,1H3/b24-17+. The molecule has 0 aromatic heterocycles. The van der Waals surface area contributed by atoms with Crippen molar-refractivity contribution in [1.29, 1.82) is 0 Å². The maximum Gasteiger partial charge on any atom is 0.149 e. The maximum absolute atomic E-state index is 14.1. The second-order valence-corrected chi connectivity index (χ2v) is 6.19. The Balaban J connectivity index is 1.94. The van der Waals surface area contributed by atoms with Gasteiger partial charge in [0.2, 0.25) is 0 Å². The summed E-state index contributed by atoms with van der Waals surface area (Å²) in [6, 6.07) is 7.19. The molecule has 4 nitrogen and oxygen atoms in total. The van der Waals surface area contributed by atoms with E-state index in [9.17, 15) is 14.0 Å². The number of hydrogen-bond donors (Lipinski definition) is 2. The van der Waals surface area contributed by atoms with E-state index < -0.39 is 11.6 Å². The summed E-state index contributed by atoms with van der Waals surface area (Å²) in [4.78, 5) is 4.32. The molecule has 0 saturated carbocycles. The van der Waals surface area contributed by atoms with Crippen molar-refractivity contribution in [1.82, 2.24) is 5.32 Å². The number of nitrogens with zero attached hydrogens (tertiary/aromatic N) is 2. The first-order valence-electron chi connectivity index (χ1n) is 7.71. The van der Waals surface area contributed by atoms with E-state index in [1.54, 1.807) is 19.2 Å². The van der Waals surface area contributed by atoms with Crippen LogP contribution in [-0.2, 0) is 12.8 Å². The van der Waals surface area contributed by atoms with Gasteiger partial charge in [0.1, 0.15) is 17.3 Å². The SMILES string of the molecule is CNCC1=Nc2c(F)ccc(/C(Cc3ccc(F)c(Cl)c3)=N/O)c2C1. The fourth-order valence-electron chi connectivity index (χ4n) is 2.91. The van der Waals surface area contributed by atoms with Crippen LogP contribution < -0.4 is 5.32 Å². The van der Waals surface area contributed by atoms with Gasteiger partial charge in [-0.2, -0.15) is 0 Å². The van der Waals surface area contributed by atoms with Crippen molar-refractivity contribution in [2.75, 3.05) is 13.6 Å². The van der Waals surface area contributed by atoms with Crippen molar-refractivity contribution in [3.8, 4) is 0 Å². The van der Waals surface area contributed by atoms with E-state index in [4.69, 9.17) is 11.6 Å². The second kappa shape index (κ2) is 7.29. The van der Waals surface area contributed by atoms with E-state index in [0.717, 1.165) is 5.71 Å². The molecule has 2 aromatic rings. The number of oxime groups is 1. The summed E-state index contributed by atoms with van der Waals surface area (Å²) < 4.78 is 27.4. The quantitative estimate of drug-likeness (QED) is 0.481. The molecule has 0 atom stereocenters. The van der Waals surface area contributed by atoms with Gasteiger partial charge in [-0.25, -0.2) is 8.78 Å². The molecule has 0 radical (unpaired) electrons. The average Bonchev–Trinajstić information content (AvgIpc) is 3.02. The Hall–Kier alpha value is -2.31. The van der Waals surface area contributed by atoms with Gasteiger partial charge < -0.3 is 10.5 Å². The minimum Gasteiger partial charge on any atom is -0.411 e. The first kappa shape index (κ1) is 17.5. The van der Waals surface area contributed by atoms with Crippen molar-refractivity contribution in [3.05, 3.63) is 63.7 Å². The molecule has 1 aliphatic heterocycles. The predicted molar refractivity (Wildman–Crippen MR) is 94.6 cm³/mol. The molecule has 0 bridgehead atoms. The molecule has 0 spiro atoms. The van der Waals surface area contributed by atoms with Crippen LogP contribution in [0.3, 0.4) is 0 Å². The maximum atomic E-state index is 14.1. The molecule has 1 aliphatic rings. The Morgan fingerprint density at radius 3 is 2.72 bits per heavy atom.